The van der Waals surface area contributed by atoms with E-state index in [1.54, 1.807) is 0 Å². The first-order chi connectivity index (χ1) is 8.25. The van der Waals surface area contributed by atoms with Gasteiger partial charge in [0.2, 0.25) is 5.95 Å². The molecule has 0 aliphatic rings. The van der Waals surface area contributed by atoms with E-state index in [4.69, 9.17) is 5.73 Å². The van der Waals surface area contributed by atoms with E-state index >= 15 is 0 Å². The van der Waals surface area contributed by atoms with Gasteiger partial charge < -0.3 is 10.7 Å². The first-order valence-electron chi connectivity index (χ1n) is 4.82. The van der Waals surface area contributed by atoms with Crippen LogP contribution in [0, 0.1) is 5.82 Å². The molecule has 0 amide bonds. The number of nitrogens with zero attached hydrogens (tertiary/aromatic N) is 4. The van der Waals surface area contributed by atoms with E-state index in [1.807, 2.05) is 0 Å². The van der Waals surface area contributed by atoms with Crippen LogP contribution in [0.1, 0.15) is 0 Å². The molecule has 0 aliphatic heterocycles. The average Bonchev–Trinajstić information content (AvgIpc) is 2.76. The zero-order chi connectivity index (χ0) is 11.8. The monoisotopic (exact) mass is 230 g/mol. The third kappa shape index (κ3) is 1.48. The summed E-state index contributed by atoms with van der Waals surface area (Å²) in [7, 11) is 0. The molecule has 17 heavy (non-hydrogen) atoms. The third-order valence-corrected chi connectivity index (χ3v) is 2.33. The molecule has 3 rings (SSSR count). The van der Waals surface area contributed by atoms with Crippen LogP contribution in [0.2, 0.25) is 0 Å². The number of halogens is 1. The number of rotatable bonds is 1. The van der Waals surface area contributed by atoms with E-state index in [-0.39, 0.29) is 5.95 Å². The number of H-pyrrole nitrogens is 1. The Labute approximate surface area is 94.8 Å². The Hall–Kier alpha value is -2.57. The summed E-state index contributed by atoms with van der Waals surface area (Å²) in [5.41, 5.74) is 7.20. The topological polar surface area (TPSA) is 93.4 Å². The molecule has 0 aromatic carbocycles. The zero-order valence-corrected chi connectivity index (χ0v) is 8.55. The van der Waals surface area contributed by atoms with Crippen molar-refractivity contribution in [2.75, 3.05) is 5.73 Å². The number of imidazole rings is 1. The van der Waals surface area contributed by atoms with E-state index in [2.05, 4.69) is 24.9 Å². The fraction of sp³-hybridized carbons (Fsp3) is 0. The van der Waals surface area contributed by atoms with Crippen molar-refractivity contribution < 1.29 is 4.39 Å². The van der Waals surface area contributed by atoms with Crippen LogP contribution in [0.3, 0.4) is 0 Å². The Morgan fingerprint density at radius 1 is 1.29 bits per heavy atom. The fourth-order valence-electron chi connectivity index (χ4n) is 1.61. The van der Waals surface area contributed by atoms with Gasteiger partial charge in [-0.15, -0.1) is 0 Å². The van der Waals surface area contributed by atoms with Crippen LogP contribution in [0.5, 0.6) is 0 Å². The number of fused-ring (bicyclic) bond motifs is 1. The summed E-state index contributed by atoms with van der Waals surface area (Å²) in [6, 6.07) is 1.53. The number of hydrogen-bond acceptors (Lipinski definition) is 5. The van der Waals surface area contributed by atoms with E-state index in [1.165, 1.54) is 18.6 Å². The van der Waals surface area contributed by atoms with E-state index in [0.717, 1.165) is 6.20 Å². The van der Waals surface area contributed by atoms with Gasteiger partial charge in [0.1, 0.15) is 11.2 Å². The van der Waals surface area contributed by atoms with Gasteiger partial charge in [-0.2, -0.15) is 4.98 Å². The molecule has 0 saturated heterocycles. The summed E-state index contributed by atoms with van der Waals surface area (Å²) in [4.78, 5) is 18.5. The highest BCUT2D eigenvalue weighted by atomic mass is 19.1. The minimum absolute atomic E-state index is 0.0517. The SMILES string of the molecule is Nc1nc(-c2ccncc2F)c2[nH]cnc2n1. The number of hydrogen-bond donors (Lipinski definition) is 2. The summed E-state index contributed by atoms with van der Waals surface area (Å²) < 4.78 is 13.6. The zero-order valence-electron chi connectivity index (χ0n) is 8.55. The minimum atomic E-state index is -0.471. The van der Waals surface area contributed by atoms with Gasteiger partial charge in [-0.1, -0.05) is 0 Å². The molecule has 3 aromatic rings. The molecule has 3 N–H and O–H groups in total. The van der Waals surface area contributed by atoms with Crippen molar-refractivity contribution in [1.82, 2.24) is 24.9 Å². The Morgan fingerprint density at radius 2 is 2.18 bits per heavy atom. The van der Waals surface area contributed by atoms with Crippen LogP contribution in [-0.4, -0.2) is 24.9 Å². The Kier molecular flexibility index (Phi) is 1.97. The fourth-order valence-corrected chi connectivity index (χ4v) is 1.61. The van der Waals surface area contributed by atoms with Gasteiger partial charge in [0.05, 0.1) is 12.5 Å². The standard InChI is InChI=1S/C10H7FN6/c11-6-3-13-2-1-5(6)7-8-9(15-4-14-8)17-10(12)16-7/h1-4H,(H3,12,14,15,16,17). The van der Waals surface area contributed by atoms with Gasteiger partial charge >= 0.3 is 0 Å². The number of nitrogens with one attached hydrogen (secondary N) is 1. The highest BCUT2D eigenvalue weighted by Crippen LogP contribution is 2.25. The second kappa shape index (κ2) is 3.48. The van der Waals surface area contributed by atoms with E-state index in [0.29, 0.717) is 22.4 Å². The number of aromatic amines is 1. The summed E-state index contributed by atoms with van der Waals surface area (Å²) in [6.45, 7) is 0. The molecule has 0 aliphatic carbocycles. The van der Waals surface area contributed by atoms with Crippen molar-refractivity contribution in [2.45, 2.75) is 0 Å². The highest BCUT2D eigenvalue weighted by Gasteiger charge is 2.13. The second-order valence-electron chi connectivity index (χ2n) is 3.39. The molecule has 0 saturated carbocycles. The lowest BCUT2D eigenvalue weighted by atomic mass is 10.1. The number of nitrogens with two attached hydrogens (primary N) is 1. The Bertz CT molecular complexity index is 692. The normalized spacial score (nSPS) is 10.9. The van der Waals surface area contributed by atoms with Crippen molar-refractivity contribution in [3.63, 3.8) is 0 Å². The Balaban J connectivity index is 2.37. The van der Waals surface area contributed by atoms with Crippen LogP contribution in [0.25, 0.3) is 22.4 Å². The molecular formula is C10H7FN6. The van der Waals surface area contributed by atoms with Crippen molar-refractivity contribution in [3.05, 3.63) is 30.6 Å². The number of pyridine rings is 1. The summed E-state index contributed by atoms with van der Waals surface area (Å²) in [5, 5.41) is 0. The second-order valence-corrected chi connectivity index (χ2v) is 3.39. The average molecular weight is 230 g/mol. The lowest BCUT2D eigenvalue weighted by Gasteiger charge is -2.03. The largest absolute Gasteiger partial charge is 0.368 e. The lowest BCUT2D eigenvalue weighted by molar-refractivity contribution is 0.624. The maximum Gasteiger partial charge on any atom is 0.222 e. The van der Waals surface area contributed by atoms with Gasteiger partial charge in [-0.05, 0) is 6.07 Å². The maximum atomic E-state index is 13.6. The smallest absolute Gasteiger partial charge is 0.222 e. The van der Waals surface area contributed by atoms with E-state index in [9.17, 15) is 4.39 Å². The molecule has 7 heteroatoms. The first kappa shape index (κ1) is 9.64. The molecule has 0 fully saturated rings. The van der Waals surface area contributed by atoms with Crippen molar-refractivity contribution in [2.24, 2.45) is 0 Å². The minimum Gasteiger partial charge on any atom is -0.368 e. The molecular weight excluding hydrogens is 223 g/mol. The molecule has 0 unspecified atom stereocenters. The molecule has 0 bridgehead atoms. The molecule has 3 aromatic heterocycles. The van der Waals surface area contributed by atoms with Crippen LogP contribution in [0.4, 0.5) is 10.3 Å². The molecule has 0 spiro atoms. The first-order valence-corrected chi connectivity index (χ1v) is 4.82. The van der Waals surface area contributed by atoms with Crippen LogP contribution >= 0.6 is 0 Å². The predicted octanol–water partition coefficient (Wildman–Crippen LogP) is 1.14. The van der Waals surface area contributed by atoms with Crippen LogP contribution in [0.15, 0.2) is 24.8 Å². The quantitative estimate of drug-likeness (QED) is 0.653. The summed E-state index contributed by atoms with van der Waals surface area (Å²) in [6.07, 6.45) is 4.07. The van der Waals surface area contributed by atoms with Crippen LogP contribution in [-0.2, 0) is 0 Å². The number of anilines is 1. The van der Waals surface area contributed by atoms with Crippen molar-refractivity contribution >= 4 is 17.1 Å². The summed E-state index contributed by atoms with van der Waals surface area (Å²) >= 11 is 0. The number of nitrogen functional groups attached to an aromatic ring is 1. The predicted molar refractivity (Wildman–Crippen MR) is 59.3 cm³/mol. The number of aromatic nitrogens is 5. The highest BCUT2D eigenvalue weighted by molar-refractivity contribution is 5.87. The third-order valence-electron chi connectivity index (χ3n) is 2.33. The van der Waals surface area contributed by atoms with Crippen LogP contribution < -0.4 is 5.73 Å². The van der Waals surface area contributed by atoms with Crippen molar-refractivity contribution in [1.29, 1.82) is 0 Å². The summed E-state index contributed by atoms with van der Waals surface area (Å²) in [5.74, 6) is -0.419. The van der Waals surface area contributed by atoms with E-state index < -0.39 is 5.82 Å². The molecule has 3 heterocycles. The molecule has 0 atom stereocenters. The van der Waals surface area contributed by atoms with Gasteiger partial charge in [-0.3, -0.25) is 4.98 Å². The molecule has 0 radical (unpaired) electrons. The van der Waals surface area contributed by atoms with Gasteiger partial charge in [0.25, 0.3) is 0 Å². The maximum absolute atomic E-state index is 13.6. The van der Waals surface area contributed by atoms with Gasteiger partial charge in [-0.25, -0.2) is 14.4 Å². The molecule has 6 nitrogen and oxygen atoms in total. The van der Waals surface area contributed by atoms with Gasteiger partial charge in [0.15, 0.2) is 11.5 Å². The lowest BCUT2D eigenvalue weighted by Crippen LogP contribution is -1.99. The Morgan fingerprint density at radius 3 is 3.00 bits per heavy atom. The van der Waals surface area contributed by atoms with Gasteiger partial charge in [0, 0.05) is 11.8 Å². The molecule has 84 valence electrons. The van der Waals surface area contributed by atoms with Crippen molar-refractivity contribution in [3.8, 4) is 11.3 Å².